The number of rotatable bonds is 1. The standard InChI is InChI=1S/C7H7F2NO2/c1-12-7-4(10)2-3(8)6(11)5(7)9/h2,11H,10H2,1H3. The van der Waals surface area contributed by atoms with E-state index in [0.29, 0.717) is 0 Å². The lowest BCUT2D eigenvalue weighted by atomic mass is 10.2. The van der Waals surface area contributed by atoms with E-state index in [1.165, 1.54) is 7.11 Å². The molecule has 0 spiro atoms. The Balaban J connectivity index is 3.40. The lowest BCUT2D eigenvalue weighted by Crippen LogP contribution is -1.97. The van der Waals surface area contributed by atoms with Crippen LogP contribution in [0.25, 0.3) is 0 Å². The minimum Gasteiger partial charge on any atom is -0.503 e. The molecule has 0 fully saturated rings. The summed E-state index contributed by atoms with van der Waals surface area (Å²) in [5.74, 6) is -3.73. The zero-order valence-corrected chi connectivity index (χ0v) is 6.27. The highest BCUT2D eigenvalue weighted by Crippen LogP contribution is 2.33. The third kappa shape index (κ3) is 1.13. The molecule has 12 heavy (non-hydrogen) atoms. The maximum atomic E-state index is 12.8. The van der Waals surface area contributed by atoms with Gasteiger partial charge in [0.15, 0.2) is 17.3 Å². The highest BCUT2D eigenvalue weighted by Gasteiger charge is 2.16. The lowest BCUT2D eigenvalue weighted by Gasteiger charge is -2.06. The fourth-order valence-corrected chi connectivity index (χ4v) is 0.817. The number of phenolic OH excluding ortho intramolecular Hbond substituents is 1. The number of nitrogens with two attached hydrogens (primary N) is 1. The van der Waals surface area contributed by atoms with Crippen LogP contribution < -0.4 is 10.5 Å². The Hall–Kier alpha value is -1.52. The zero-order valence-electron chi connectivity index (χ0n) is 6.27. The van der Waals surface area contributed by atoms with Gasteiger partial charge in [0.25, 0.3) is 0 Å². The number of aromatic hydroxyl groups is 1. The van der Waals surface area contributed by atoms with E-state index in [2.05, 4.69) is 4.74 Å². The predicted molar refractivity (Wildman–Crippen MR) is 39.0 cm³/mol. The van der Waals surface area contributed by atoms with E-state index in [1.54, 1.807) is 0 Å². The smallest absolute Gasteiger partial charge is 0.211 e. The summed E-state index contributed by atoms with van der Waals surface area (Å²) in [7, 11) is 1.17. The molecule has 1 aromatic rings. The first-order valence-corrected chi connectivity index (χ1v) is 3.08. The van der Waals surface area contributed by atoms with Crippen molar-refractivity contribution < 1.29 is 18.6 Å². The summed E-state index contributed by atoms with van der Waals surface area (Å²) in [6.07, 6.45) is 0. The second kappa shape index (κ2) is 2.84. The molecule has 0 aliphatic rings. The van der Waals surface area contributed by atoms with Gasteiger partial charge >= 0.3 is 0 Å². The minimum absolute atomic E-state index is 0.190. The van der Waals surface area contributed by atoms with E-state index >= 15 is 0 Å². The van der Waals surface area contributed by atoms with Gasteiger partial charge in [0, 0.05) is 6.07 Å². The van der Waals surface area contributed by atoms with Crippen LogP contribution in [0.1, 0.15) is 0 Å². The zero-order chi connectivity index (χ0) is 9.30. The Morgan fingerprint density at radius 2 is 2.08 bits per heavy atom. The van der Waals surface area contributed by atoms with Gasteiger partial charge in [0.1, 0.15) is 0 Å². The van der Waals surface area contributed by atoms with E-state index in [4.69, 9.17) is 10.8 Å². The predicted octanol–water partition coefficient (Wildman–Crippen LogP) is 1.26. The van der Waals surface area contributed by atoms with Gasteiger partial charge in [-0.2, -0.15) is 4.39 Å². The molecule has 0 atom stereocenters. The number of hydrogen-bond acceptors (Lipinski definition) is 3. The molecule has 0 amide bonds. The van der Waals surface area contributed by atoms with Crippen LogP contribution >= 0.6 is 0 Å². The first-order valence-electron chi connectivity index (χ1n) is 3.08. The van der Waals surface area contributed by atoms with Crippen molar-refractivity contribution in [1.82, 2.24) is 0 Å². The van der Waals surface area contributed by atoms with Gasteiger partial charge < -0.3 is 15.6 Å². The van der Waals surface area contributed by atoms with Gasteiger partial charge in [-0.15, -0.1) is 0 Å². The quantitative estimate of drug-likeness (QED) is 0.499. The fourth-order valence-electron chi connectivity index (χ4n) is 0.817. The van der Waals surface area contributed by atoms with Crippen molar-refractivity contribution in [1.29, 1.82) is 0 Å². The maximum absolute atomic E-state index is 12.8. The first-order chi connectivity index (χ1) is 5.57. The first kappa shape index (κ1) is 8.58. The van der Waals surface area contributed by atoms with Gasteiger partial charge in [0.2, 0.25) is 5.82 Å². The molecule has 0 aliphatic heterocycles. The number of nitrogen functional groups attached to an aromatic ring is 1. The summed E-state index contributed by atoms with van der Waals surface area (Å²) < 4.78 is 29.8. The van der Waals surface area contributed by atoms with Crippen LogP contribution in [0.3, 0.4) is 0 Å². The Bertz CT molecular complexity index is 315. The van der Waals surface area contributed by atoms with Gasteiger partial charge in [0.05, 0.1) is 12.8 Å². The molecule has 0 saturated carbocycles. The number of ether oxygens (including phenoxy) is 1. The van der Waals surface area contributed by atoms with E-state index in [9.17, 15) is 8.78 Å². The molecule has 0 saturated heterocycles. The molecule has 3 N–H and O–H groups in total. The van der Waals surface area contributed by atoms with E-state index in [-0.39, 0.29) is 11.4 Å². The van der Waals surface area contributed by atoms with Crippen molar-refractivity contribution in [2.24, 2.45) is 0 Å². The highest BCUT2D eigenvalue weighted by molar-refractivity contribution is 5.57. The van der Waals surface area contributed by atoms with Gasteiger partial charge in [-0.3, -0.25) is 0 Å². The van der Waals surface area contributed by atoms with Gasteiger partial charge in [-0.1, -0.05) is 0 Å². The Morgan fingerprint density at radius 3 is 2.58 bits per heavy atom. The van der Waals surface area contributed by atoms with Crippen molar-refractivity contribution >= 4 is 5.69 Å². The highest BCUT2D eigenvalue weighted by atomic mass is 19.1. The molecule has 0 aliphatic carbocycles. The molecule has 0 radical (unpaired) electrons. The Labute approximate surface area is 67.4 Å². The summed E-state index contributed by atoms with van der Waals surface area (Å²) in [4.78, 5) is 0. The molecule has 0 heterocycles. The van der Waals surface area contributed by atoms with E-state index < -0.39 is 17.4 Å². The molecule has 5 heteroatoms. The summed E-state index contributed by atoms with van der Waals surface area (Å²) in [6.45, 7) is 0. The van der Waals surface area contributed by atoms with Crippen molar-refractivity contribution in [3.05, 3.63) is 17.7 Å². The lowest BCUT2D eigenvalue weighted by molar-refractivity contribution is 0.352. The normalized spacial score (nSPS) is 9.92. The van der Waals surface area contributed by atoms with Crippen LogP contribution in [-0.2, 0) is 0 Å². The molecule has 1 rings (SSSR count). The topological polar surface area (TPSA) is 55.5 Å². The SMILES string of the molecule is COc1c(N)cc(F)c(O)c1F. The molecule has 0 aromatic heterocycles. The third-order valence-electron chi connectivity index (χ3n) is 1.38. The van der Waals surface area contributed by atoms with Gasteiger partial charge in [-0.05, 0) is 0 Å². The van der Waals surface area contributed by atoms with Crippen LogP contribution in [0.4, 0.5) is 14.5 Å². The monoisotopic (exact) mass is 175 g/mol. The summed E-state index contributed by atoms with van der Waals surface area (Å²) in [5.41, 5.74) is 5.00. The summed E-state index contributed by atoms with van der Waals surface area (Å²) >= 11 is 0. The number of phenols is 1. The average Bonchev–Trinajstić information content (AvgIpc) is 2.01. The second-order valence-corrected chi connectivity index (χ2v) is 2.14. The largest absolute Gasteiger partial charge is 0.503 e. The molecular weight excluding hydrogens is 168 g/mol. The molecule has 3 nitrogen and oxygen atoms in total. The number of methoxy groups -OCH3 is 1. The summed E-state index contributed by atoms with van der Waals surface area (Å²) in [5, 5.41) is 8.76. The van der Waals surface area contributed by atoms with Gasteiger partial charge in [-0.25, -0.2) is 4.39 Å². The number of anilines is 1. The van der Waals surface area contributed by atoms with Crippen molar-refractivity contribution in [2.75, 3.05) is 12.8 Å². The second-order valence-electron chi connectivity index (χ2n) is 2.14. The third-order valence-corrected chi connectivity index (χ3v) is 1.38. The van der Waals surface area contributed by atoms with E-state index in [0.717, 1.165) is 6.07 Å². The number of hydrogen-bond donors (Lipinski definition) is 2. The van der Waals surface area contributed by atoms with Crippen molar-refractivity contribution in [3.63, 3.8) is 0 Å². The van der Waals surface area contributed by atoms with E-state index in [1.807, 2.05) is 0 Å². The number of benzene rings is 1. The fraction of sp³-hybridized carbons (Fsp3) is 0.143. The van der Waals surface area contributed by atoms with Crippen LogP contribution in [0.5, 0.6) is 11.5 Å². The van der Waals surface area contributed by atoms with Crippen LogP contribution in [0.15, 0.2) is 6.07 Å². The molecule has 0 bridgehead atoms. The maximum Gasteiger partial charge on any atom is 0.211 e. The Kier molecular flexibility index (Phi) is 2.03. The van der Waals surface area contributed by atoms with Crippen LogP contribution in [0.2, 0.25) is 0 Å². The van der Waals surface area contributed by atoms with Crippen molar-refractivity contribution in [3.8, 4) is 11.5 Å². The number of halogens is 2. The van der Waals surface area contributed by atoms with Crippen molar-refractivity contribution in [2.45, 2.75) is 0 Å². The molecule has 0 unspecified atom stereocenters. The summed E-state index contributed by atoms with van der Waals surface area (Å²) in [6, 6.07) is 0.789. The van der Waals surface area contributed by atoms with Crippen LogP contribution in [-0.4, -0.2) is 12.2 Å². The van der Waals surface area contributed by atoms with Crippen LogP contribution in [0, 0.1) is 11.6 Å². The molecule has 66 valence electrons. The molecule has 1 aromatic carbocycles. The average molecular weight is 175 g/mol. The molecular formula is C7H7F2NO2. The minimum atomic E-state index is -1.19. The Morgan fingerprint density at radius 1 is 1.50 bits per heavy atom.